The predicted molar refractivity (Wildman–Crippen MR) is 106 cm³/mol. The zero-order chi connectivity index (χ0) is 22.7. The van der Waals surface area contributed by atoms with Crippen molar-refractivity contribution in [1.29, 1.82) is 0 Å². The summed E-state index contributed by atoms with van der Waals surface area (Å²) in [5.74, 6) is 0. The van der Waals surface area contributed by atoms with Crippen LogP contribution in [0.25, 0.3) is 0 Å². The van der Waals surface area contributed by atoms with Crippen LogP contribution >= 0.6 is 0 Å². The lowest BCUT2D eigenvalue weighted by Crippen LogP contribution is -2.53. The summed E-state index contributed by atoms with van der Waals surface area (Å²) in [4.78, 5) is 39.8. The maximum atomic E-state index is 11.7. The Hall–Kier alpha value is -2.35. The van der Waals surface area contributed by atoms with Gasteiger partial charge in [-0.05, 0) is 6.92 Å². The number of carbonyl (C=O) groups is 3. The molecule has 174 valence electrons. The number of rotatable bonds is 6. The van der Waals surface area contributed by atoms with E-state index in [-0.39, 0.29) is 59.0 Å². The lowest BCUT2D eigenvalue weighted by Gasteiger charge is -2.35. The molecule has 1 heterocycles. The van der Waals surface area contributed by atoms with Crippen LogP contribution in [0.15, 0.2) is 0 Å². The number of hydrogen-bond donors (Lipinski definition) is 5. The van der Waals surface area contributed by atoms with Crippen molar-refractivity contribution in [2.45, 2.75) is 19.1 Å². The topological polar surface area (TPSA) is 180 Å². The van der Waals surface area contributed by atoms with Gasteiger partial charge in [-0.2, -0.15) is 0 Å². The number of nitrogens with zero attached hydrogens (tertiary/aromatic N) is 4. The molecule has 0 aromatic heterocycles. The highest BCUT2D eigenvalue weighted by atomic mass is 16.5. The molecule has 1 aliphatic heterocycles. The quantitative estimate of drug-likeness (QED) is 0.324. The number of amides is 3. The van der Waals surface area contributed by atoms with Gasteiger partial charge in [0.15, 0.2) is 0 Å². The van der Waals surface area contributed by atoms with Gasteiger partial charge in [0.05, 0.1) is 19.3 Å². The highest BCUT2D eigenvalue weighted by Gasteiger charge is 2.27. The Morgan fingerprint density at radius 1 is 0.967 bits per heavy atom. The summed E-state index contributed by atoms with van der Waals surface area (Å²) < 4.78 is 5.22. The molecule has 0 radical (unpaired) electrons. The maximum Gasteiger partial charge on any atom is 0.407 e. The van der Waals surface area contributed by atoms with Gasteiger partial charge in [0, 0.05) is 64.9 Å². The monoisotopic (exact) mass is 435 g/mol. The summed E-state index contributed by atoms with van der Waals surface area (Å²) in [5.41, 5.74) is 5.35. The largest absolute Gasteiger partial charge is 0.465 e. The zero-order valence-electron chi connectivity index (χ0n) is 17.2. The van der Waals surface area contributed by atoms with Crippen molar-refractivity contribution in [3.63, 3.8) is 0 Å². The van der Waals surface area contributed by atoms with Gasteiger partial charge in [-0.15, -0.1) is 0 Å². The Kier molecular flexibility index (Phi) is 11.2. The minimum Gasteiger partial charge on any atom is -0.465 e. The first-order chi connectivity index (χ1) is 14.1. The number of ether oxygens (including phenoxy) is 1. The Labute approximate surface area is 175 Å². The van der Waals surface area contributed by atoms with E-state index in [2.05, 4.69) is 0 Å². The van der Waals surface area contributed by atoms with Crippen LogP contribution in [0.1, 0.15) is 6.92 Å². The summed E-state index contributed by atoms with van der Waals surface area (Å²) in [6.45, 7) is 2.90. The van der Waals surface area contributed by atoms with Gasteiger partial charge in [0.25, 0.3) is 0 Å². The molecule has 1 fully saturated rings. The molecule has 2 unspecified atom stereocenters. The molecular formula is C17H33N5O8. The molecule has 1 rings (SSSR count). The van der Waals surface area contributed by atoms with E-state index in [1.54, 1.807) is 11.8 Å². The third-order valence-electron chi connectivity index (χ3n) is 4.83. The third kappa shape index (κ3) is 8.98. The van der Waals surface area contributed by atoms with Gasteiger partial charge >= 0.3 is 18.3 Å². The molecule has 0 bridgehead atoms. The molecule has 0 saturated carbocycles. The second-order valence-electron chi connectivity index (χ2n) is 7.14. The molecule has 2 atom stereocenters. The van der Waals surface area contributed by atoms with E-state index in [0.717, 1.165) is 14.7 Å². The summed E-state index contributed by atoms with van der Waals surface area (Å²) in [5, 5.41) is 38.5. The molecule has 6 N–H and O–H groups in total. The Balaban J connectivity index is 2.93. The summed E-state index contributed by atoms with van der Waals surface area (Å²) in [7, 11) is 0. The van der Waals surface area contributed by atoms with Crippen LogP contribution in [-0.2, 0) is 4.74 Å². The van der Waals surface area contributed by atoms with E-state index in [4.69, 9.17) is 10.5 Å². The van der Waals surface area contributed by atoms with Crippen LogP contribution in [-0.4, -0.2) is 143 Å². The summed E-state index contributed by atoms with van der Waals surface area (Å²) >= 11 is 0. The Bertz CT molecular complexity index is 566. The third-order valence-corrected chi connectivity index (χ3v) is 4.83. The van der Waals surface area contributed by atoms with Gasteiger partial charge < -0.3 is 45.6 Å². The maximum absolute atomic E-state index is 11.7. The van der Waals surface area contributed by atoms with Crippen molar-refractivity contribution >= 4 is 18.3 Å². The molecule has 0 spiro atoms. The number of hydrogen-bond acceptors (Lipinski definition) is 7. The van der Waals surface area contributed by atoms with Crippen molar-refractivity contribution in [2.75, 3.05) is 72.1 Å². The summed E-state index contributed by atoms with van der Waals surface area (Å²) in [6, 6.07) is -0.629. The van der Waals surface area contributed by atoms with Crippen LogP contribution < -0.4 is 5.73 Å². The molecular weight excluding hydrogens is 402 g/mol. The fraction of sp³-hybridized carbons (Fsp3) is 0.824. The highest BCUT2D eigenvalue weighted by molar-refractivity contribution is 5.67. The average molecular weight is 435 g/mol. The van der Waals surface area contributed by atoms with Crippen LogP contribution in [0.5, 0.6) is 0 Å². The molecule has 13 heteroatoms. The van der Waals surface area contributed by atoms with Crippen LogP contribution in [0.3, 0.4) is 0 Å². The lowest BCUT2D eigenvalue weighted by molar-refractivity contribution is 0.0144. The van der Waals surface area contributed by atoms with Gasteiger partial charge in [0.1, 0.15) is 0 Å². The van der Waals surface area contributed by atoms with Crippen LogP contribution in [0.4, 0.5) is 14.4 Å². The fourth-order valence-corrected chi connectivity index (χ4v) is 3.19. The first kappa shape index (κ1) is 25.7. The standard InChI is InChI=1S/C17H33N5O8/c1-13-10-21(16(26)27)7-6-20(15(24)25)5-3-19(4-8-22(13)17(28)29)11-14(23)12-30-9-2-18/h13-14,23H,2-12,18H2,1H3,(H,24,25)(H,26,27)(H,28,29). The summed E-state index contributed by atoms with van der Waals surface area (Å²) in [6.07, 6.45) is -4.44. The van der Waals surface area contributed by atoms with E-state index in [9.17, 15) is 34.8 Å². The molecule has 0 aromatic carbocycles. The molecule has 1 aliphatic rings. The first-order valence-corrected chi connectivity index (χ1v) is 9.79. The molecule has 0 aromatic rings. The van der Waals surface area contributed by atoms with E-state index < -0.39 is 30.4 Å². The van der Waals surface area contributed by atoms with Crippen molar-refractivity contribution in [1.82, 2.24) is 19.6 Å². The number of aliphatic hydroxyl groups excluding tert-OH is 1. The lowest BCUT2D eigenvalue weighted by atomic mass is 10.2. The van der Waals surface area contributed by atoms with E-state index in [0.29, 0.717) is 13.2 Å². The van der Waals surface area contributed by atoms with Gasteiger partial charge in [-0.3, -0.25) is 4.90 Å². The SMILES string of the molecule is CC1CN(C(=O)O)CCN(C(=O)O)CCN(CC(O)COCCN)CCN1C(=O)O. The first-order valence-electron chi connectivity index (χ1n) is 9.79. The minimum atomic E-state index is -1.24. The van der Waals surface area contributed by atoms with Crippen molar-refractivity contribution in [2.24, 2.45) is 5.73 Å². The van der Waals surface area contributed by atoms with Crippen molar-refractivity contribution in [3.8, 4) is 0 Å². The molecule has 13 nitrogen and oxygen atoms in total. The van der Waals surface area contributed by atoms with E-state index >= 15 is 0 Å². The van der Waals surface area contributed by atoms with Gasteiger partial charge in [-0.25, -0.2) is 14.4 Å². The highest BCUT2D eigenvalue weighted by Crippen LogP contribution is 2.08. The Morgan fingerprint density at radius 2 is 1.53 bits per heavy atom. The molecule has 30 heavy (non-hydrogen) atoms. The predicted octanol–water partition coefficient (Wildman–Crippen LogP) is -1.03. The smallest absolute Gasteiger partial charge is 0.407 e. The van der Waals surface area contributed by atoms with E-state index in [1.165, 1.54) is 0 Å². The number of nitrogens with two attached hydrogens (primary N) is 1. The van der Waals surface area contributed by atoms with E-state index in [1.807, 2.05) is 0 Å². The Morgan fingerprint density at radius 3 is 2.10 bits per heavy atom. The normalized spacial score (nSPS) is 20.9. The van der Waals surface area contributed by atoms with Crippen molar-refractivity contribution in [3.05, 3.63) is 0 Å². The second kappa shape index (κ2) is 13.1. The minimum absolute atomic E-state index is 0.0442. The van der Waals surface area contributed by atoms with Crippen molar-refractivity contribution < 1.29 is 39.5 Å². The fourth-order valence-electron chi connectivity index (χ4n) is 3.19. The second-order valence-corrected chi connectivity index (χ2v) is 7.14. The average Bonchev–Trinajstić information content (AvgIpc) is 2.65. The van der Waals surface area contributed by atoms with Crippen LogP contribution in [0, 0.1) is 0 Å². The molecule has 0 aliphatic carbocycles. The van der Waals surface area contributed by atoms with Crippen LogP contribution in [0.2, 0.25) is 0 Å². The van der Waals surface area contributed by atoms with Gasteiger partial charge in [-0.1, -0.05) is 0 Å². The number of carboxylic acid groups (broad SMARTS) is 3. The number of β-amino-alcohol motifs (C(OH)–C–C–N with tert-alkyl or cyclic N) is 1. The number of aliphatic hydroxyl groups is 1. The molecule has 1 saturated heterocycles. The zero-order valence-corrected chi connectivity index (χ0v) is 17.2. The van der Waals surface area contributed by atoms with Gasteiger partial charge in [0.2, 0.25) is 0 Å². The molecule has 3 amide bonds.